The number of H-pyrrole nitrogens is 1. The average Bonchev–Trinajstić information content (AvgIpc) is 3.12. The highest BCUT2D eigenvalue weighted by atomic mass is 19.4. The molecule has 0 radical (unpaired) electrons. The van der Waals surface area contributed by atoms with Crippen LogP contribution in [0.15, 0.2) is 78.9 Å². The lowest BCUT2D eigenvalue weighted by Crippen LogP contribution is -2.31. The van der Waals surface area contributed by atoms with Crippen molar-refractivity contribution in [1.29, 1.82) is 0 Å². The molecule has 0 saturated heterocycles. The van der Waals surface area contributed by atoms with Crippen LogP contribution in [-0.4, -0.2) is 28.3 Å². The molecule has 1 unspecified atom stereocenters. The third-order valence-electron chi connectivity index (χ3n) is 5.22. The van der Waals surface area contributed by atoms with E-state index in [1.807, 2.05) is 30.3 Å². The van der Waals surface area contributed by atoms with E-state index in [9.17, 15) is 23.2 Å². The zero-order valence-corrected chi connectivity index (χ0v) is 15.9. The van der Waals surface area contributed by atoms with Gasteiger partial charge in [0.15, 0.2) is 0 Å². The molecule has 4 aromatic rings. The minimum atomic E-state index is -4.41. The van der Waals surface area contributed by atoms with Gasteiger partial charge < -0.3 is 15.0 Å². The van der Waals surface area contributed by atoms with Crippen LogP contribution in [0.1, 0.15) is 23.5 Å². The summed E-state index contributed by atoms with van der Waals surface area (Å²) in [7, 11) is -1.81. The summed E-state index contributed by atoms with van der Waals surface area (Å²) in [6.45, 7) is 0. The number of benzene rings is 3. The summed E-state index contributed by atoms with van der Waals surface area (Å²) in [6.07, 6.45) is -5.48. The molecule has 0 aliphatic carbocycles. The molecule has 4 rings (SSSR count). The Morgan fingerprint density at radius 2 is 1.47 bits per heavy atom. The number of halogens is 3. The number of nitrogens with one attached hydrogen (secondary N) is 1. The number of aromatic amines is 1. The Morgan fingerprint density at radius 1 is 0.833 bits per heavy atom. The van der Waals surface area contributed by atoms with Crippen LogP contribution >= 0.6 is 0 Å². The second-order valence-corrected chi connectivity index (χ2v) is 7.21. The molecular formula is C23H19BF3NO2. The Bertz CT molecular complexity index is 1140. The number of hydrogen-bond donors (Lipinski definition) is 3. The van der Waals surface area contributed by atoms with Gasteiger partial charge in [-0.2, -0.15) is 13.2 Å². The number of fused-ring (bicyclic) bond motifs is 1. The highest BCUT2D eigenvalue weighted by molar-refractivity contribution is 6.62. The minimum absolute atomic E-state index is 0.170. The monoisotopic (exact) mass is 409 g/mol. The van der Waals surface area contributed by atoms with Gasteiger partial charge >= 0.3 is 13.3 Å². The van der Waals surface area contributed by atoms with Crippen LogP contribution in [0.4, 0.5) is 13.2 Å². The predicted octanol–water partition coefficient (Wildman–Crippen LogP) is 4.60. The van der Waals surface area contributed by atoms with E-state index < -0.39 is 25.6 Å². The predicted molar refractivity (Wildman–Crippen MR) is 113 cm³/mol. The summed E-state index contributed by atoms with van der Waals surface area (Å²) in [4.78, 5) is 3.22. The third kappa shape index (κ3) is 3.99. The van der Waals surface area contributed by atoms with Crippen LogP contribution < -0.4 is 5.46 Å². The second kappa shape index (κ2) is 8.01. The summed E-state index contributed by atoms with van der Waals surface area (Å²) in [5.74, 6) is -1.02. The number of rotatable bonds is 5. The quantitative estimate of drug-likeness (QED) is 0.422. The smallest absolute Gasteiger partial charge is 0.423 e. The van der Waals surface area contributed by atoms with Gasteiger partial charge in [0.05, 0.1) is 12.1 Å². The molecule has 3 N–H and O–H groups in total. The summed E-state index contributed by atoms with van der Waals surface area (Å²) >= 11 is 0. The van der Waals surface area contributed by atoms with Gasteiger partial charge in [0.25, 0.3) is 0 Å². The molecule has 0 amide bonds. The van der Waals surface area contributed by atoms with E-state index in [4.69, 9.17) is 0 Å². The van der Waals surface area contributed by atoms with Crippen molar-refractivity contribution in [1.82, 2.24) is 4.98 Å². The molecule has 0 bridgehead atoms. The van der Waals surface area contributed by atoms with Crippen molar-refractivity contribution in [3.8, 4) is 11.3 Å². The molecule has 152 valence electrons. The summed E-state index contributed by atoms with van der Waals surface area (Å²) in [5, 5.41) is 20.3. The Hall–Kier alpha value is -3.03. The molecule has 3 nitrogen and oxygen atoms in total. The second-order valence-electron chi connectivity index (χ2n) is 7.21. The van der Waals surface area contributed by atoms with Crippen molar-refractivity contribution in [2.75, 3.05) is 0 Å². The maximum absolute atomic E-state index is 13.7. The lowest BCUT2D eigenvalue weighted by Gasteiger charge is -2.22. The molecule has 7 heteroatoms. The van der Waals surface area contributed by atoms with Gasteiger partial charge in [-0.15, -0.1) is 0 Å². The fourth-order valence-corrected chi connectivity index (χ4v) is 4.00. The molecule has 0 saturated carbocycles. The molecule has 0 spiro atoms. The fourth-order valence-electron chi connectivity index (χ4n) is 4.00. The van der Waals surface area contributed by atoms with Crippen molar-refractivity contribution < 1.29 is 23.2 Å². The van der Waals surface area contributed by atoms with E-state index in [2.05, 4.69) is 4.98 Å². The van der Waals surface area contributed by atoms with E-state index in [0.29, 0.717) is 27.7 Å². The number of aromatic nitrogens is 1. The van der Waals surface area contributed by atoms with Gasteiger partial charge in [0, 0.05) is 16.8 Å². The Morgan fingerprint density at radius 3 is 2.07 bits per heavy atom. The Kier molecular flexibility index (Phi) is 5.41. The first-order valence-electron chi connectivity index (χ1n) is 9.53. The fraction of sp³-hybridized carbons (Fsp3) is 0.130. The van der Waals surface area contributed by atoms with Crippen LogP contribution in [-0.2, 0) is 0 Å². The highest BCUT2D eigenvalue weighted by Crippen LogP contribution is 2.43. The Labute approximate surface area is 172 Å². The van der Waals surface area contributed by atoms with Gasteiger partial charge in [0.1, 0.15) is 0 Å². The molecule has 1 aromatic heterocycles. The first kappa shape index (κ1) is 20.3. The lowest BCUT2D eigenvalue weighted by molar-refractivity contribution is -0.136. The van der Waals surface area contributed by atoms with E-state index in [0.717, 1.165) is 5.56 Å². The van der Waals surface area contributed by atoms with Crippen LogP contribution in [0.3, 0.4) is 0 Å². The zero-order valence-electron chi connectivity index (χ0n) is 15.9. The van der Waals surface area contributed by atoms with E-state index in [-0.39, 0.29) is 5.46 Å². The largest absolute Gasteiger partial charge is 0.489 e. The van der Waals surface area contributed by atoms with Crippen LogP contribution in [0.2, 0.25) is 0 Å². The average molecular weight is 409 g/mol. The van der Waals surface area contributed by atoms with Crippen LogP contribution in [0.25, 0.3) is 22.2 Å². The third-order valence-corrected chi connectivity index (χ3v) is 5.22. The molecule has 3 aromatic carbocycles. The van der Waals surface area contributed by atoms with Crippen molar-refractivity contribution in [3.63, 3.8) is 0 Å². The van der Waals surface area contributed by atoms with Gasteiger partial charge in [-0.05, 0) is 28.2 Å². The molecule has 0 aliphatic heterocycles. The minimum Gasteiger partial charge on any atom is -0.423 e. The van der Waals surface area contributed by atoms with E-state index in [1.54, 1.807) is 42.5 Å². The maximum atomic E-state index is 13.7. The molecular weight excluding hydrogens is 390 g/mol. The van der Waals surface area contributed by atoms with E-state index in [1.165, 1.54) is 6.07 Å². The first-order valence-corrected chi connectivity index (χ1v) is 9.53. The van der Waals surface area contributed by atoms with Crippen molar-refractivity contribution in [2.24, 2.45) is 0 Å². The van der Waals surface area contributed by atoms with Crippen LogP contribution in [0, 0.1) is 0 Å². The molecule has 0 aliphatic rings. The summed E-state index contributed by atoms with van der Waals surface area (Å²) in [6, 6.07) is 22.5. The zero-order chi connectivity index (χ0) is 21.3. The van der Waals surface area contributed by atoms with Gasteiger partial charge in [-0.3, -0.25) is 0 Å². The van der Waals surface area contributed by atoms with Gasteiger partial charge in [-0.25, -0.2) is 0 Å². The molecule has 0 fully saturated rings. The highest BCUT2D eigenvalue weighted by Gasteiger charge is 2.36. The molecule has 1 atom stereocenters. The van der Waals surface area contributed by atoms with Gasteiger partial charge in [0.2, 0.25) is 0 Å². The Balaban J connectivity index is 2.07. The van der Waals surface area contributed by atoms with Gasteiger partial charge in [-0.1, -0.05) is 72.8 Å². The summed E-state index contributed by atoms with van der Waals surface area (Å²) < 4.78 is 41.0. The maximum Gasteiger partial charge on any atom is 0.489 e. The number of hydrogen-bond acceptors (Lipinski definition) is 2. The molecule has 30 heavy (non-hydrogen) atoms. The number of alkyl halides is 3. The lowest BCUT2D eigenvalue weighted by atomic mass is 9.74. The topological polar surface area (TPSA) is 56.2 Å². The van der Waals surface area contributed by atoms with Crippen molar-refractivity contribution in [3.05, 3.63) is 90.0 Å². The normalized spacial score (nSPS) is 12.8. The first-order chi connectivity index (χ1) is 14.3. The SMILES string of the molecule is OB(O)c1cccc2[nH]c(-c3ccccc3)c(C(CC(F)(F)F)c3ccccc3)c12. The summed E-state index contributed by atoms with van der Waals surface area (Å²) in [5.41, 5.74) is 2.90. The standard InChI is InChI=1S/C23H19BF3NO2/c25-23(26,27)14-17(15-8-3-1-4-9-15)20-21-18(24(29)30)12-7-13-19(21)28-22(20)16-10-5-2-6-11-16/h1-13,17,28-30H,14H2. The van der Waals surface area contributed by atoms with Crippen LogP contribution in [0.5, 0.6) is 0 Å². The molecule has 1 heterocycles. The van der Waals surface area contributed by atoms with Crippen molar-refractivity contribution >= 4 is 23.5 Å². The van der Waals surface area contributed by atoms with E-state index >= 15 is 0 Å². The van der Waals surface area contributed by atoms with Crippen molar-refractivity contribution in [2.45, 2.75) is 18.5 Å².